The van der Waals surface area contributed by atoms with E-state index in [1.54, 1.807) is 11.8 Å². The molecule has 0 bridgehead atoms. The fourth-order valence-electron chi connectivity index (χ4n) is 2.38. The van der Waals surface area contributed by atoms with Gasteiger partial charge in [0, 0.05) is 11.9 Å². The third kappa shape index (κ3) is 4.09. The lowest BCUT2D eigenvalue weighted by molar-refractivity contribution is 0.935. The number of aryl methyl sites for hydroxylation is 3. The molecule has 0 aliphatic carbocycles. The summed E-state index contributed by atoms with van der Waals surface area (Å²) < 4.78 is 0. The van der Waals surface area contributed by atoms with Crippen molar-refractivity contribution in [2.45, 2.75) is 38.0 Å². The Hall–Kier alpha value is -1.32. The van der Waals surface area contributed by atoms with Crippen molar-refractivity contribution in [1.82, 2.24) is 4.98 Å². The summed E-state index contributed by atoms with van der Waals surface area (Å²) in [5.41, 5.74) is 12.0. The molecule has 0 unspecified atom stereocenters. The van der Waals surface area contributed by atoms with Gasteiger partial charge in [-0.25, -0.2) is 4.98 Å². The molecule has 0 aliphatic heterocycles. The van der Waals surface area contributed by atoms with E-state index in [1.165, 1.54) is 27.8 Å². The van der Waals surface area contributed by atoms with Crippen molar-refractivity contribution in [1.29, 1.82) is 0 Å². The molecule has 0 fully saturated rings. The molecule has 0 saturated carbocycles. The fraction of sp³-hybridized carbons (Fsp3) is 0.353. The van der Waals surface area contributed by atoms with E-state index in [1.807, 2.05) is 6.20 Å². The third-order valence-corrected chi connectivity index (χ3v) is 4.36. The van der Waals surface area contributed by atoms with Gasteiger partial charge in [0.25, 0.3) is 0 Å². The largest absolute Gasteiger partial charge is 0.330 e. The lowest BCUT2D eigenvalue weighted by atomic mass is 10.1. The zero-order valence-electron chi connectivity index (χ0n) is 12.4. The molecular formula is C17H22N2S. The lowest BCUT2D eigenvalue weighted by Gasteiger charge is -2.08. The highest BCUT2D eigenvalue weighted by molar-refractivity contribution is 7.98. The molecular weight excluding hydrogens is 264 g/mol. The fourth-order valence-corrected chi connectivity index (χ4v) is 3.26. The maximum Gasteiger partial charge on any atom is 0.0992 e. The summed E-state index contributed by atoms with van der Waals surface area (Å²) in [6.07, 6.45) is 2.85. The number of thioether (sulfide) groups is 1. The summed E-state index contributed by atoms with van der Waals surface area (Å²) >= 11 is 1.80. The molecule has 2 N–H and O–H groups in total. The van der Waals surface area contributed by atoms with E-state index >= 15 is 0 Å². The maximum atomic E-state index is 5.58. The quantitative estimate of drug-likeness (QED) is 0.850. The summed E-state index contributed by atoms with van der Waals surface area (Å²) in [6.45, 7) is 7.09. The minimum atomic E-state index is 0.677. The average molecular weight is 286 g/mol. The average Bonchev–Trinajstić information content (AvgIpc) is 2.37. The molecule has 2 rings (SSSR count). The van der Waals surface area contributed by atoms with Crippen molar-refractivity contribution in [3.8, 4) is 0 Å². The monoisotopic (exact) mass is 286 g/mol. The minimum absolute atomic E-state index is 0.677. The standard InChI is InChI=1S/C17H22N2S/c1-12-6-13(2)8-16(7-12)11-20-17-14(3)9-15(4-5-18)10-19-17/h6-10H,4-5,11,18H2,1-3H3. The van der Waals surface area contributed by atoms with Crippen LogP contribution in [0.15, 0.2) is 35.5 Å². The molecule has 0 atom stereocenters. The summed E-state index contributed by atoms with van der Waals surface area (Å²) in [7, 11) is 0. The molecule has 2 aromatic rings. The zero-order chi connectivity index (χ0) is 14.5. The molecule has 0 radical (unpaired) electrons. The van der Waals surface area contributed by atoms with Gasteiger partial charge in [-0.2, -0.15) is 0 Å². The van der Waals surface area contributed by atoms with Crippen molar-refractivity contribution in [2.75, 3.05) is 6.54 Å². The first kappa shape index (κ1) is 15.1. The molecule has 1 aromatic heterocycles. The highest BCUT2D eigenvalue weighted by atomic mass is 32.2. The van der Waals surface area contributed by atoms with Crippen LogP contribution in [0.1, 0.15) is 27.8 Å². The van der Waals surface area contributed by atoms with Crippen molar-refractivity contribution in [3.05, 3.63) is 58.3 Å². The summed E-state index contributed by atoms with van der Waals surface area (Å²) in [4.78, 5) is 4.56. The van der Waals surface area contributed by atoms with Gasteiger partial charge in [-0.15, -0.1) is 11.8 Å². The number of aromatic nitrogens is 1. The number of pyridine rings is 1. The van der Waals surface area contributed by atoms with Crippen LogP contribution in [0.4, 0.5) is 0 Å². The van der Waals surface area contributed by atoms with Gasteiger partial charge in [0.05, 0.1) is 5.03 Å². The Bertz CT molecular complexity index is 573. The van der Waals surface area contributed by atoms with Gasteiger partial charge in [0.1, 0.15) is 0 Å². The minimum Gasteiger partial charge on any atom is -0.330 e. The Morgan fingerprint density at radius 1 is 1.00 bits per heavy atom. The molecule has 0 saturated heterocycles. The normalized spacial score (nSPS) is 10.8. The van der Waals surface area contributed by atoms with Gasteiger partial charge in [-0.3, -0.25) is 0 Å². The Labute approximate surface area is 125 Å². The maximum absolute atomic E-state index is 5.58. The second-order valence-electron chi connectivity index (χ2n) is 5.29. The van der Waals surface area contributed by atoms with E-state index in [9.17, 15) is 0 Å². The number of hydrogen-bond acceptors (Lipinski definition) is 3. The van der Waals surface area contributed by atoms with Crippen LogP contribution in [-0.4, -0.2) is 11.5 Å². The van der Waals surface area contributed by atoms with Gasteiger partial charge in [-0.05, 0) is 50.4 Å². The van der Waals surface area contributed by atoms with Crippen LogP contribution >= 0.6 is 11.8 Å². The summed E-state index contributed by atoms with van der Waals surface area (Å²) in [5.74, 6) is 0.965. The molecule has 2 nitrogen and oxygen atoms in total. The number of hydrogen-bond donors (Lipinski definition) is 1. The van der Waals surface area contributed by atoms with E-state index in [0.717, 1.165) is 17.2 Å². The Kier molecular flexibility index (Phi) is 5.21. The van der Waals surface area contributed by atoms with E-state index in [2.05, 4.69) is 50.0 Å². The van der Waals surface area contributed by atoms with Gasteiger partial charge in [0.2, 0.25) is 0 Å². The molecule has 20 heavy (non-hydrogen) atoms. The van der Waals surface area contributed by atoms with Crippen LogP contribution < -0.4 is 5.73 Å². The van der Waals surface area contributed by atoms with Gasteiger partial charge < -0.3 is 5.73 Å². The van der Waals surface area contributed by atoms with Crippen molar-refractivity contribution >= 4 is 11.8 Å². The SMILES string of the molecule is Cc1cc(C)cc(CSc2ncc(CCN)cc2C)c1. The van der Waals surface area contributed by atoms with Crippen molar-refractivity contribution < 1.29 is 0 Å². The van der Waals surface area contributed by atoms with Crippen LogP contribution in [0.5, 0.6) is 0 Å². The van der Waals surface area contributed by atoms with Crippen molar-refractivity contribution in [3.63, 3.8) is 0 Å². The van der Waals surface area contributed by atoms with Crippen LogP contribution in [0.3, 0.4) is 0 Å². The highest BCUT2D eigenvalue weighted by Gasteiger charge is 2.04. The van der Waals surface area contributed by atoms with Crippen LogP contribution in [0, 0.1) is 20.8 Å². The summed E-state index contributed by atoms with van der Waals surface area (Å²) in [5, 5.41) is 1.12. The van der Waals surface area contributed by atoms with E-state index in [-0.39, 0.29) is 0 Å². The van der Waals surface area contributed by atoms with E-state index < -0.39 is 0 Å². The molecule has 0 amide bonds. The Morgan fingerprint density at radius 2 is 1.70 bits per heavy atom. The molecule has 0 spiro atoms. The molecule has 0 aliphatic rings. The van der Waals surface area contributed by atoms with Crippen molar-refractivity contribution in [2.24, 2.45) is 5.73 Å². The van der Waals surface area contributed by atoms with Gasteiger partial charge in [0.15, 0.2) is 0 Å². The molecule has 106 valence electrons. The topological polar surface area (TPSA) is 38.9 Å². The van der Waals surface area contributed by atoms with Crippen LogP contribution in [0.25, 0.3) is 0 Å². The Morgan fingerprint density at radius 3 is 2.30 bits per heavy atom. The number of nitrogens with zero attached hydrogens (tertiary/aromatic N) is 1. The number of nitrogens with two attached hydrogens (primary N) is 1. The van der Waals surface area contributed by atoms with Gasteiger partial charge >= 0.3 is 0 Å². The second-order valence-corrected chi connectivity index (χ2v) is 6.25. The smallest absolute Gasteiger partial charge is 0.0992 e. The highest BCUT2D eigenvalue weighted by Crippen LogP contribution is 2.25. The number of benzene rings is 1. The predicted octanol–water partition coefficient (Wildman–Crippen LogP) is 3.80. The van der Waals surface area contributed by atoms with E-state index in [4.69, 9.17) is 5.73 Å². The van der Waals surface area contributed by atoms with E-state index in [0.29, 0.717) is 6.54 Å². The number of rotatable bonds is 5. The zero-order valence-corrected chi connectivity index (χ0v) is 13.3. The lowest BCUT2D eigenvalue weighted by Crippen LogP contribution is -2.03. The molecule has 1 aromatic carbocycles. The predicted molar refractivity (Wildman–Crippen MR) is 87.2 cm³/mol. The second kappa shape index (κ2) is 6.91. The summed E-state index contributed by atoms with van der Waals surface area (Å²) in [6, 6.07) is 8.90. The molecule has 1 heterocycles. The first-order valence-electron chi connectivity index (χ1n) is 6.94. The molecule has 3 heteroatoms. The van der Waals surface area contributed by atoms with Gasteiger partial charge in [-0.1, -0.05) is 35.4 Å². The third-order valence-electron chi connectivity index (χ3n) is 3.18. The Balaban J connectivity index is 2.06. The van der Waals surface area contributed by atoms with Crippen LogP contribution in [0.2, 0.25) is 0 Å². The first-order chi connectivity index (χ1) is 9.58. The van der Waals surface area contributed by atoms with Crippen LogP contribution in [-0.2, 0) is 12.2 Å². The first-order valence-corrected chi connectivity index (χ1v) is 7.92.